The van der Waals surface area contributed by atoms with Crippen LogP contribution in [0.25, 0.3) is 27.4 Å². The molecule has 0 spiro atoms. The van der Waals surface area contributed by atoms with E-state index in [2.05, 4.69) is 29.7 Å². The van der Waals surface area contributed by atoms with E-state index in [1.165, 1.54) is 5.69 Å². The number of aryl methyl sites for hydroxylation is 2. The van der Waals surface area contributed by atoms with Crippen molar-refractivity contribution in [3.8, 4) is 17.3 Å². The lowest BCUT2D eigenvalue weighted by atomic mass is 10.2. The summed E-state index contributed by atoms with van der Waals surface area (Å²) >= 11 is 0. The van der Waals surface area contributed by atoms with Crippen LogP contribution < -0.4 is 0 Å². The number of aromatic hydroxyl groups is 2. The average molecular weight is 292 g/mol. The second kappa shape index (κ2) is 4.31. The van der Waals surface area contributed by atoms with Gasteiger partial charge in [-0.05, 0) is 49.4 Å². The minimum Gasteiger partial charge on any atom is -0.508 e. The molecular weight excluding hydrogens is 276 g/mol. The van der Waals surface area contributed by atoms with Crippen LogP contribution in [0.4, 0.5) is 0 Å². The van der Waals surface area contributed by atoms with Crippen LogP contribution in [0.2, 0.25) is 0 Å². The minimum atomic E-state index is 0.137. The third-order valence-corrected chi connectivity index (χ3v) is 4.32. The summed E-state index contributed by atoms with van der Waals surface area (Å²) in [6.45, 7) is 2.07. The molecule has 2 aromatic heterocycles. The molecule has 0 bridgehead atoms. The van der Waals surface area contributed by atoms with Gasteiger partial charge in [-0.1, -0.05) is 0 Å². The monoisotopic (exact) mass is 292 g/mol. The molecule has 2 heterocycles. The highest BCUT2D eigenvalue weighted by Crippen LogP contribution is 2.33. The van der Waals surface area contributed by atoms with Gasteiger partial charge in [0.1, 0.15) is 5.75 Å². The van der Waals surface area contributed by atoms with Gasteiger partial charge in [-0.3, -0.25) is 4.57 Å². The zero-order valence-electron chi connectivity index (χ0n) is 12.4. The molecule has 0 radical (unpaired) electrons. The Morgan fingerprint density at radius 2 is 1.73 bits per heavy atom. The van der Waals surface area contributed by atoms with Crippen LogP contribution in [0.15, 0.2) is 48.7 Å². The van der Waals surface area contributed by atoms with Gasteiger partial charge in [0.25, 0.3) is 0 Å². The molecule has 0 aliphatic heterocycles. The highest BCUT2D eigenvalue weighted by molar-refractivity contribution is 5.90. The molecule has 0 aliphatic rings. The molecule has 0 saturated carbocycles. The van der Waals surface area contributed by atoms with Gasteiger partial charge in [0.15, 0.2) is 0 Å². The van der Waals surface area contributed by atoms with Crippen LogP contribution in [-0.4, -0.2) is 19.3 Å². The molecule has 22 heavy (non-hydrogen) atoms. The Kier molecular flexibility index (Phi) is 2.51. The standard InChI is InChI=1S/C18H16N2O2/c1-11-7-13-8-14(4-6-17(13)19(11)2)20-10-12-3-5-15(21)9-16(12)18(20)22/h3-10,21-22H,1-2H3. The van der Waals surface area contributed by atoms with Gasteiger partial charge in [-0.15, -0.1) is 0 Å². The van der Waals surface area contributed by atoms with Crippen LogP contribution in [0, 0.1) is 6.92 Å². The number of phenols is 1. The van der Waals surface area contributed by atoms with E-state index >= 15 is 0 Å². The van der Waals surface area contributed by atoms with Crippen LogP contribution >= 0.6 is 0 Å². The molecule has 0 saturated heterocycles. The number of rotatable bonds is 1. The number of aromatic nitrogens is 2. The molecule has 2 aromatic carbocycles. The molecule has 4 nitrogen and oxygen atoms in total. The lowest BCUT2D eigenvalue weighted by Gasteiger charge is -2.06. The van der Waals surface area contributed by atoms with E-state index in [9.17, 15) is 10.2 Å². The smallest absolute Gasteiger partial charge is 0.203 e. The molecule has 0 atom stereocenters. The number of hydrogen-bond acceptors (Lipinski definition) is 2. The molecule has 0 fully saturated rings. The summed E-state index contributed by atoms with van der Waals surface area (Å²) < 4.78 is 3.88. The second-order valence-corrected chi connectivity index (χ2v) is 5.68. The topological polar surface area (TPSA) is 50.3 Å². The molecule has 0 aliphatic carbocycles. The Labute approximate surface area is 127 Å². The molecule has 0 unspecified atom stereocenters. The predicted molar refractivity (Wildman–Crippen MR) is 87.8 cm³/mol. The summed E-state index contributed by atoms with van der Waals surface area (Å²) in [5, 5.41) is 22.7. The van der Waals surface area contributed by atoms with Crippen molar-refractivity contribution in [3.63, 3.8) is 0 Å². The highest BCUT2D eigenvalue weighted by atomic mass is 16.3. The fourth-order valence-electron chi connectivity index (χ4n) is 3.00. The summed E-state index contributed by atoms with van der Waals surface area (Å²) in [5.41, 5.74) is 3.25. The van der Waals surface area contributed by atoms with Crippen LogP contribution in [-0.2, 0) is 7.05 Å². The van der Waals surface area contributed by atoms with Crippen molar-refractivity contribution in [2.75, 3.05) is 0 Å². The summed E-state index contributed by atoms with van der Waals surface area (Å²) in [6.07, 6.45) is 1.88. The van der Waals surface area contributed by atoms with Gasteiger partial charge in [0.05, 0.1) is 0 Å². The fraction of sp³-hybridized carbons (Fsp3) is 0.111. The molecular formula is C18H16N2O2. The van der Waals surface area contributed by atoms with Gasteiger partial charge in [0.2, 0.25) is 5.88 Å². The van der Waals surface area contributed by atoms with E-state index in [0.29, 0.717) is 5.39 Å². The van der Waals surface area contributed by atoms with Crippen molar-refractivity contribution in [2.24, 2.45) is 7.05 Å². The quantitative estimate of drug-likeness (QED) is 0.560. The first-order valence-electron chi connectivity index (χ1n) is 7.14. The average Bonchev–Trinajstić information content (AvgIpc) is 2.97. The zero-order chi connectivity index (χ0) is 15.4. The van der Waals surface area contributed by atoms with Gasteiger partial charge in [-0.25, -0.2) is 0 Å². The molecule has 2 N–H and O–H groups in total. The minimum absolute atomic E-state index is 0.137. The van der Waals surface area contributed by atoms with E-state index < -0.39 is 0 Å². The SMILES string of the molecule is Cc1cc2cc(-n3cc4ccc(O)cc4c3O)ccc2n1C. The van der Waals surface area contributed by atoms with Crippen LogP contribution in [0.1, 0.15) is 5.69 Å². The van der Waals surface area contributed by atoms with Crippen molar-refractivity contribution >= 4 is 21.7 Å². The Morgan fingerprint density at radius 3 is 2.55 bits per heavy atom. The Morgan fingerprint density at radius 1 is 0.909 bits per heavy atom. The number of nitrogens with zero attached hydrogens (tertiary/aromatic N) is 2. The maximum absolute atomic E-state index is 10.4. The third-order valence-electron chi connectivity index (χ3n) is 4.32. The van der Waals surface area contributed by atoms with Crippen molar-refractivity contribution in [1.82, 2.24) is 9.13 Å². The highest BCUT2D eigenvalue weighted by Gasteiger charge is 2.11. The van der Waals surface area contributed by atoms with E-state index in [1.54, 1.807) is 22.8 Å². The molecule has 110 valence electrons. The maximum atomic E-state index is 10.4. The van der Waals surface area contributed by atoms with Gasteiger partial charge >= 0.3 is 0 Å². The number of benzene rings is 2. The summed E-state index contributed by atoms with van der Waals surface area (Å²) in [4.78, 5) is 0. The van der Waals surface area contributed by atoms with Crippen molar-refractivity contribution in [1.29, 1.82) is 0 Å². The van der Waals surface area contributed by atoms with Crippen molar-refractivity contribution < 1.29 is 10.2 Å². The first kappa shape index (κ1) is 12.8. The largest absolute Gasteiger partial charge is 0.508 e. The van der Waals surface area contributed by atoms with Crippen LogP contribution in [0.5, 0.6) is 11.6 Å². The third kappa shape index (κ3) is 1.70. The first-order valence-corrected chi connectivity index (χ1v) is 7.14. The normalized spacial score (nSPS) is 11.5. The Hall–Kier alpha value is -2.88. The summed E-state index contributed by atoms with van der Waals surface area (Å²) in [7, 11) is 2.04. The lowest BCUT2D eigenvalue weighted by Crippen LogP contribution is -1.92. The molecule has 4 heteroatoms. The molecule has 0 amide bonds. The van der Waals surface area contributed by atoms with E-state index in [4.69, 9.17) is 0 Å². The van der Waals surface area contributed by atoms with Gasteiger partial charge < -0.3 is 14.8 Å². The maximum Gasteiger partial charge on any atom is 0.203 e. The second-order valence-electron chi connectivity index (χ2n) is 5.68. The van der Waals surface area contributed by atoms with Gasteiger partial charge in [0, 0.05) is 46.3 Å². The lowest BCUT2D eigenvalue weighted by molar-refractivity contribution is 0.447. The molecule has 4 aromatic rings. The number of fused-ring (bicyclic) bond motifs is 2. The predicted octanol–water partition coefficient (Wildman–Crippen LogP) is 3.84. The van der Waals surface area contributed by atoms with Crippen molar-refractivity contribution in [2.45, 2.75) is 6.92 Å². The van der Waals surface area contributed by atoms with Crippen LogP contribution in [0.3, 0.4) is 0 Å². The van der Waals surface area contributed by atoms with Gasteiger partial charge in [-0.2, -0.15) is 0 Å². The number of phenolic OH excluding ortho intramolecular Hbond substituents is 1. The van der Waals surface area contributed by atoms with Crippen molar-refractivity contribution in [3.05, 3.63) is 54.4 Å². The van der Waals surface area contributed by atoms with E-state index in [-0.39, 0.29) is 11.6 Å². The Balaban J connectivity index is 1.96. The number of hydrogen-bond donors (Lipinski definition) is 2. The zero-order valence-corrected chi connectivity index (χ0v) is 12.4. The Bertz CT molecular complexity index is 1020. The fourth-order valence-corrected chi connectivity index (χ4v) is 3.00. The van der Waals surface area contributed by atoms with E-state index in [1.807, 2.05) is 19.3 Å². The van der Waals surface area contributed by atoms with E-state index in [0.717, 1.165) is 22.0 Å². The molecule has 4 rings (SSSR count). The summed E-state index contributed by atoms with van der Waals surface area (Å²) in [6, 6.07) is 13.2. The summed E-state index contributed by atoms with van der Waals surface area (Å²) in [5.74, 6) is 0.285. The first-order chi connectivity index (χ1) is 10.5.